The fraction of sp³-hybridized carbons (Fsp3) is 0.333. The third-order valence-electron chi connectivity index (χ3n) is 3.82. The highest BCUT2D eigenvalue weighted by atomic mass is 16.7. The van der Waals surface area contributed by atoms with Gasteiger partial charge in [0.2, 0.25) is 0 Å². The Morgan fingerprint density at radius 1 is 1.07 bits per heavy atom. The maximum Gasteiger partial charge on any atom is 0.412 e. The molecule has 0 heterocycles. The van der Waals surface area contributed by atoms with Crippen molar-refractivity contribution in [3.63, 3.8) is 0 Å². The molecule has 8 heteroatoms. The summed E-state index contributed by atoms with van der Waals surface area (Å²) in [7, 11) is 1.56. The van der Waals surface area contributed by atoms with Crippen molar-refractivity contribution < 1.29 is 33.3 Å². The van der Waals surface area contributed by atoms with Crippen LogP contribution in [0.3, 0.4) is 0 Å². The Morgan fingerprint density at radius 3 is 2.45 bits per heavy atom. The van der Waals surface area contributed by atoms with E-state index in [2.05, 4.69) is 11.9 Å². The number of carbonyl (C=O) groups is 2. The van der Waals surface area contributed by atoms with Crippen LogP contribution < -0.4 is 14.8 Å². The number of hydrogen-bond donors (Lipinski definition) is 1. The van der Waals surface area contributed by atoms with Gasteiger partial charge in [-0.1, -0.05) is 30.8 Å². The molecule has 0 aliphatic rings. The van der Waals surface area contributed by atoms with Gasteiger partial charge in [-0.25, -0.2) is 9.59 Å². The fourth-order valence-corrected chi connectivity index (χ4v) is 2.39. The first-order valence-electron chi connectivity index (χ1n) is 9.09. The lowest BCUT2D eigenvalue weighted by atomic mass is 10.1. The number of hydrogen-bond acceptors (Lipinski definition) is 7. The van der Waals surface area contributed by atoms with Crippen LogP contribution in [0.2, 0.25) is 0 Å². The predicted molar refractivity (Wildman–Crippen MR) is 107 cm³/mol. The Morgan fingerprint density at radius 2 is 1.76 bits per heavy atom. The molecule has 156 valence electrons. The Balaban J connectivity index is 1.85. The van der Waals surface area contributed by atoms with Crippen LogP contribution in [0, 0.1) is 0 Å². The number of fused-ring (bicyclic) bond motifs is 1. The van der Waals surface area contributed by atoms with E-state index >= 15 is 0 Å². The number of benzene rings is 2. The lowest BCUT2D eigenvalue weighted by Crippen LogP contribution is -2.30. The zero-order chi connectivity index (χ0) is 21.1. The smallest absolute Gasteiger partial charge is 0.412 e. The minimum atomic E-state index is -0.601. The molecule has 0 spiro atoms. The van der Waals surface area contributed by atoms with E-state index in [1.807, 2.05) is 24.3 Å². The lowest BCUT2D eigenvalue weighted by Gasteiger charge is -2.15. The summed E-state index contributed by atoms with van der Waals surface area (Å²) in [6, 6.07) is 10.8. The van der Waals surface area contributed by atoms with Crippen molar-refractivity contribution >= 4 is 22.8 Å². The first-order chi connectivity index (χ1) is 14.0. The van der Waals surface area contributed by atoms with Crippen LogP contribution in [0.25, 0.3) is 10.8 Å². The van der Waals surface area contributed by atoms with E-state index in [1.165, 1.54) is 0 Å². The molecule has 1 atom stereocenters. The molecular formula is C21H25NO7. The Bertz CT molecular complexity index is 837. The zero-order valence-corrected chi connectivity index (χ0v) is 16.5. The number of ether oxygens (including phenoxy) is 5. The summed E-state index contributed by atoms with van der Waals surface area (Å²) in [5.74, 6) is 0.539. The Kier molecular flexibility index (Phi) is 8.94. The van der Waals surface area contributed by atoms with E-state index in [-0.39, 0.29) is 26.4 Å². The summed E-state index contributed by atoms with van der Waals surface area (Å²) in [6.07, 6.45) is 0.0717. The van der Waals surface area contributed by atoms with Gasteiger partial charge in [-0.05, 0) is 19.1 Å². The third-order valence-corrected chi connectivity index (χ3v) is 3.82. The SMILES string of the molecule is C=CC(=O)OCCOCCNC(=O)Oc1cccc2c(OC(C)OC)cccc12. The van der Waals surface area contributed by atoms with Gasteiger partial charge in [0, 0.05) is 30.5 Å². The summed E-state index contributed by atoms with van der Waals surface area (Å²) in [6.45, 7) is 5.93. The maximum atomic E-state index is 12.1. The second-order valence-electron chi connectivity index (χ2n) is 5.83. The quantitative estimate of drug-likeness (QED) is 0.267. The summed E-state index contributed by atoms with van der Waals surface area (Å²) < 4.78 is 26.3. The fourth-order valence-electron chi connectivity index (χ4n) is 2.39. The molecule has 2 aromatic carbocycles. The van der Waals surface area contributed by atoms with Gasteiger partial charge in [-0.3, -0.25) is 0 Å². The van der Waals surface area contributed by atoms with E-state index in [0.29, 0.717) is 11.5 Å². The van der Waals surface area contributed by atoms with Crippen LogP contribution in [-0.4, -0.2) is 51.8 Å². The summed E-state index contributed by atoms with van der Waals surface area (Å²) in [4.78, 5) is 22.9. The van der Waals surface area contributed by atoms with E-state index in [0.717, 1.165) is 16.8 Å². The van der Waals surface area contributed by atoms with Gasteiger partial charge < -0.3 is 29.0 Å². The van der Waals surface area contributed by atoms with Crippen LogP contribution in [0.1, 0.15) is 6.92 Å². The number of methoxy groups -OCH3 is 1. The topological polar surface area (TPSA) is 92.3 Å². The summed E-state index contributed by atoms with van der Waals surface area (Å²) in [5, 5.41) is 4.15. The van der Waals surface area contributed by atoms with Crippen molar-refractivity contribution in [2.75, 3.05) is 33.5 Å². The van der Waals surface area contributed by atoms with Crippen LogP contribution in [0.4, 0.5) is 4.79 Å². The molecule has 0 saturated carbocycles. The number of amides is 1. The van der Waals surface area contributed by atoms with Gasteiger partial charge in [0.1, 0.15) is 18.1 Å². The monoisotopic (exact) mass is 403 g/mol. The highest BCUT2D eigenvalue weighted by Crippen LogP contribution is 2.32. The van der Waals surface area contributed by atoms with E-state index in [4.69, 9.17) is 23.7 Å². The van der Waals surface area contributed by atoms with Crippen LogP contribution in [-0.2, 0) is 19.0 Å². The highest BCUT2D eigenvalue weighted by Gasteiger charge is 2.12. The van der Waals surface area contributed by atoms with Crippen molar-refractivity contribution in [1.82, 2.24) is 5.32 Å². The van der Waals surface area contributed by atoms with Crippen molar-refractivity contribution in [2.45, 2.75) is 13.2 Å². The molecule has 8 nitrogen and oxygen atoms in total. The summed E-state index contributed by atoms with van der Waals surface area (Å²) in [5.41, 5.74) is 0. The molecule has 0 fully saturated rings. The molecule has 0 radical (unpaired) electrons. The maximum absolute atomic E-state index is 12.1. The standard InChI is InChI=1S/C21H25NO7/c1-4-20(23)27-14-13-26-12-11-22-21(24)29-19-10-6-7-16-17(19)8-5-9-18(16)28-15(2)25-3/h4-10,15H,1,11-14H2,2-3H3,(H,22,24). The largest absolute Gasteiger partial charge is 0.465 e. The highest BCUT2D eigenvalue weighted by molar-refractivity contribution is 5.94. The van der Waals surface area contributed by atoms with Crippen molar-refractivity contribution in [1.29, 1.82) is 0 Å². The summed E-state index contributed by atoms with van der Waals surface area (Å²) >= 11 is 0. The van der Waals surface area contributed by atoms with Gasteiger partial charge in [0.05, 0.1) is 13.2 Å². The van der Waals surface area contributed by atoms with Gasteiger partial charge >= 0.3 is 12.1 Å². The van der Waals surface area contributed by atoms with Gasteiger partial charge in [0.15, 0.2) is 6.29 Å². The van der Waals surface area contributed by atoms with Gasteiger partial charge in [-0.2, -0.15) is 0 Å². The molecule has 29 heavy (non-hydrogen) atoms. The molecule has 2 rings (SSSR count). The third kappa shape index (κ3) is 7.10. The average molecular weight is 403 g/mol. The second kappa shape index (κ2) is 11.7. The van der Waals surface area contributed by atoms with E-state index < -0.39 is 18.4 Å². The van der Waals surface area contributed by atoms with Crippen LogP contribution >= 0.6 is 0 Å². The normalized spacial score (nSPS) is 11.5. The predicted octanol–water partition coefficient (Wildman–Crippen LogP) is 3.05. The van der Waals surface area contributed by atoms with Crippen LogP contribution in [0.15, 0.2) is 49.1 Å². The first-order valence-corrected chi connectivity index (χ1v) is 9.09. The van der Waals surface area contributed by atoms with E-state index in [1.54, 1.807) is 26.2 Å². The van der Waals surface area contributed by atoms with Crippen molar-refractivity contribution in [3.8, 4) is 11.5 Å². The van der Waals surface area contributed by atoms with Crippen molar-refractivity contribution in [2.24, 2.45) is 0 Å². The van der Waals surface area contributed by atoms with E-state index in [9.17, 15) is 9.59 Å². The molecule has 0 bridgehead atoms. The molecule has 1 amide bonds. The molecule has 0 aliphatic carbocycles. The molecule has 0 aromatic heterocycles. The number of rotatable bonds is 11. The zero-order valence-electron chi connectivity index (χ0n) is 16.5. The number of nitrogens with one attached hydrogen (secondary N) is 1. The molecule has 1 N–H and O–H groups in total. The molecule has 1 unspecified atom stereocenters. The molecule has 2 aromatic rings. The van der Waals surface area contributed by atoms with Gasteiger partial charge in [-0.15, -0.1) is 0 Å². The van der Waals surface area contributed by atoms with Crippen LogP contribution in [0.5, 0.6) is 11.5 Å². The molecular weight excluding hydrogens is 378 g/mol. The molecule has 0 saturated heterocycles. The minimum Gasteiger partial charge on any atom is -0.465 e. The Hall–Kier alpha value is -3.10. The minimum absolute atomic E-state index is 0.122. The second-order valence-corrected chi connectivity index (χ2v) is 5.83. The number of esters is 1. The Labute approximate surface area is 169 Å². The average Bonchev–Trinajstić information content (AvgIpc) is 2.73. The molecule has 0 aliphatic heterocycles. The van der Waals surface area contributed by atoms with Crippen molar-refractivity contribution in [3.05, 3.63) is 49.1 Å². The number of carbonyl (C=O) groups excluding carboxylic acids is 2. The van der Waals surface area contributed by atoms with Gasteiger partial charge in [0.25, 0.3) is 0 Å². The lowest BCUT2D eigenvalue weighted by molar-refractivity contribution is -0.139. The first kappa shape index (κ1) is 22.2.